The third-order valence-corrected chi connectivity index (χ3v) is 7.07. The van der Waals surface area contributed by atoms with Crippen LogP contribution in [0.4, 0.5) is 22.0 Å². The fourth-order valence-electron chi connectivity index (χ4n) is 4.55. The van der Waals surface area contributed by atoms with Gasteiger partial charge in [0, 0.05) is 44.6 Å². The summed E-state index contributed by atoms with van der Waals surface area (Å²) >= 11 is 1.36. The van der Waals surface area contributed by atoms with E-state index in [9.17, 15) is 4.79 Å². The fraction of sp³-hybridized carbons (Fsp3) is 0.308. The minimum Gasteiger partial charge on any atom is -0.370 e. The second kappa shape index (κ2) is 9.55. The van der Waals surface area contributed by atoms with E-state index in [2.05, 4.69) is 74.6 Å². The summed E-state index contributed by atoms with van der Waals surface area (Å²) in [6.45, 7) is 5.12. The van der Waals surface area contributed by atoms with Crippen molar-refractivity contribution in [2.24, 2.45) is 0 Å². The van der Waals surface area contributed by atoms with Gasteiger partial charge in [0.25, 0.3) is 0 Å². The number of nitrogens with zero attached hydrogens (tertiary/aromatic N) is 4. The fourth-order valence-corrected chi connectivity index (χ4v) is 5.10. The van der Waals surface area contributed by atoms with Crippen LogP contribution in [0.5, 0.6) is 0 Å². The second-order valence-electron chi connectivity index (χ2n) is 8.35. The van der Waals surface area contributed by atoms with Crippen molar-refractivity contribution in [2.45, 2.75) is 12.8 Å². The van der Waals surface area contributed by atoms with Gasteiger partial charge in [-0.25, -0.2) is 9.78 Å². The number of thiazole rings is 1. The summed E-state index contributed by atoms with van der Waals surface area (Å²) < 4.78 is 0. The third-order valence-electron chi connectivity index (χ3n) is 6.30. The van der Waals surface area contributed by atoms with Gasteiger partial charge < -0.3 is 14.7 Å². The van der Waals surface area contributed by atoms with Crippen LogP contribution < -0.4 is 15.1 Å². The molecule has 5 rings (SSSR count). The van der Waals surface area contributed by atoms with Crippen LogP contribution in [-0.4, -0.2) is 55.2 Å². The molecule has 0 saturated carbocycles. The molecule has 1 N–H and O–H groups in total. The van der Waals surface area contributed by atoms with Gasteiger partial charge in [-0.1, -0.05) is 36.4 Å². The van der Waals surface area contributed by atoms with E-state index < -0.39 is 0 Å². The summed E-state index contributed by atoms with van der Waals surface area (Å²) in [5.41, 5.74) is 5.04. The monoisotopic (exact) mass is 457 g/mol. The Bertz CT molecular complexity index is 1150. The number of carbonyl (C=O) groups is 1. The van der Waals surface area contributed by atoms with E-state index >= 15 is 0 Å². The van der Waals surface area contributed by atoms with Crippen LogP contribution in [-0.2, 0) is 0 Å². The molecule has 2 aliphatic rings. The molecule has 2 aromatic carbocycles. The lowest BCUT2D eigenvalue weighted by atomic mass is 10.0. The molecule has 168 valence electrons. The van der Waals surface area contributed by atoms with Gasteiger partial charge in [-0.3, -0.25) is 5.32 Å². The highest BCUT2D eigenvalue weighted by Gasteiger charge is 2.25. The van der Waals surface area contributed by atoms with Crippen molar-refractivity contribution in [1.82, 2.24) is 9.88 Å². The van der Waals surface area contributed by atoms with E-state index in [-0.39, 0.29) is 6.03 Å². The molecule has 3 heterocycles. The van der Waals surface area contributed by atoms with Gasteiger partial charge in [-0.05, 0) is 42.0 Å². The summed E-state index contributed by atoms with van der Waals surface area (Å²) in [4.78, 5) is 23.7. The van der Waals surface area contributed by atoms with Crippen LogP contribution in [0.2, 0.25) is 0 Å². The smallest absolute Gasteiger partial charge is 0.323 e. The van der Waals surface area contributed by atoms with Crippen molar-refractivity contribution < 1.29 is 4.79 Å². The van der Waals surface area contributed by atoms with E-state index in [1.165, 1.54) is 46.7 Å². The van der Waals surface area contributed by atoms with Gasteiger partial charge in [-0.15, -0.1) is 17.8 Å². The number of urea groups is 1. The lowest BCUT2D eigenvalue weighted by Gasteiger charge is -2.38. The number of piperazine rings is 1. The molecule has 0 bridgehead atoms. The number of nitrogens with one attached hydrogen (secondary N) is 1. The Morgan fingerprint density at radius 3 is 2.33 bits per heavy atom. The number of hydrogen-bond acceptors (Lipinski definition) is 5. The molecule has 2 saturated heterocycles. The Morgan fingerprint density at radius 2 is 1.64 bits per heavy atom. The number of anilines is 3. The average molecular weight is 458 g/mol. The molecular weight excluding hydrogens is 430 g/mol. The maximum absolute atomic E-state index is 12.7. The zero-order chi connectivity index (χ0) is 22.6. The van der Waals surface area contributed by atoms with Gasteiger partial charge >= 0.3 is 6.03 Å². The summed E-state index contributed by atoms with van der Waals surface area (Å²) in [7, 11) is 0. The SMILES string of the molecule is C#Cc1nc(NC(=O)N2CCN(c3ccc(-c4ccccc4)cc3N3CCCC3)CC2)cs1. The van der Waals surface area contributed by atoms with Gasteiger partial charge in [0.1, 0.15) is 5.82 Å². The van der Waals surface area contributed by atoms with E-state index in [0.29, 0.717) is 23.9 Å². The molecule has 1 aromatic heterocycles. The van der Waals surface area contributed by atoms with Crippen molar-refractivity contribution in [3.05, 3.63) is 58.9 Å². The largest absolute Gasteiger partial charge is 0.370 e. The van der Waals surface area contributed by atoms with Crippen LogP contribution in [0.3, 0.4) is 0 Å². The maximum atomic E-state index is 12.7. The first-order valence-corrected chi connectivity index (χ1v) is 12.3. The van der Waals surface area contributed by atoms with Crippen molar-refractivity contribution >= 4 is 34.6 Å². The highest BCUT2D eigenvalue weighted by atomic mass is 32.1. The Kier molecular flexibility index (Phi) is 6.18. The Hall–Kier alpha value is -3.50. The molecule has 2 fully saturated rings. The molecule has 2 aliphatic heterocycles. The first-order chi connectivity index (χ1) is 16.2. The molecule has 3 aromatic rings. The van der Waals surface area contributed by atoms with E-state index in [4.69, 9.17) is 6.42 Å². The Labute approximate surface area is 198 Å². The lowest BCUT2D eigenvalue weighted by Crippen LogP contribution is -2.50. The number of rotatable bonds is 4. The van der Waals surface area contributed by atoms with Crippen molar-refractivity contribution in [2.75, 3.05) is 54.4 Å². The topological polar surface area (TPSA) is 51.7 Å². The van der Waals surface area contributed by atoms with Crippen LogP contribution in [0.1, 0.15) is 17.8 Å². The molecule has 0 spiro atoms. The molecule has 7 heteroatoms. The number of amides is 2. The Balaban J connectivity index is 1.30. The highest BCUT2D eigenvalue weighted by Crippen LogP contribution is 2.36. The minimum absolute atomic E-state index is 0.122. The molecule has 0 aliphatic carbocycles. The van der Waals surface area contributed by atoms with E-state index in [1.807, 2.05) is 4.90 Å². The summed E-state index contributed by atoms with van der Waals surface area (Å²) in [5, 5.41) is 5.22. The lowest BCUT2D eigenvalue weighted by molar-refractivity contribution is 0.208. The number of carbonyl (C=O) groups excluding carboxylic acids is 1. The summed E-state index contributed by atoms with van der Waals surface area (Å²) in [6.07, 6.45) is 7.85. The predicted molar refractivity (Wildman–Crippen MR) is 136 cm³/mol. The van der Waals surface area contributed by atoms with E-state index in [1.54, 1.807) is 5.38 Å². The quantitative estimate of drug-likeness (QED) is 0.575. The third kappa shape index (κ3) is 4.67. The number of hydrogen-bond donors (Lipinski definition) is 1. The molecule has 0 atom stereocenters. The van der Waals surface area contributed by atoms with Gasteiger partial charge in [0.15, 0.2) is 5.01 Å². The number of terminal acetylenes is 1. The molecule has 6 nitrogen and oxygen atoms in total. The Morgan fingerprint density at radius 1 is 0.909 bits per heavy atom. The number of benzene rings is 2. The van der Waals surface area contributed by atoms with Gasteiger partial charge in [-0.2, -0.15) is 0 Å². The van der Waals surface area contributed by atoms with E-state index in [0.717, 1.165) is 26.2 Å². The minimum atomic E-state index is -0.122. The predicted octanol–water partition coefficient (Wildman–Crippen LogP) is 4.75. The van der Waals surface area contributed by atoms with Crippen LogP contribution in [0.25, 0.3) is 11.1 Å². The van der Waals surface area contributed by atoms with Crippen LogP contribution >= 0.6 is 11.3 Å². The zero-order valence-electron chi connectivity index (χ0n) is 18.5. The van der Waals surface area contributed by atoms with Crippen molar-refractivity contribution in [3.8, 4) is 23.5 Å². The first-order valence-electron chi connectivity index (χ1n) is 11.4. The molecular formula is C26H27N5OS. The number of aromatic nitrogens is 1. The molecule has 33 heavy (non-hydrogen) atoms. The standard InChI is InChI=1S/C26H27N5OS/c1-2-25-27-24(19-33-25)28-26(32)31-16-14-30(15-17-31)22-11-10-21(20-8-4-3-5-9-20)18-23(22)29-12-6-7-13-29/h1,3-5,8-11,18-19H,6-7,12-17H2,(H,28,32). The second-order valence-corrected chi connectivity index (χ2v) is 9.21. The van der Waals surface area contributed by atoms with Crippen molar-refractivity contribution in [3.63, 3.8) is 0 Å². The van der Waals surface area contributed by atoms with Crippen LogP contribution in [0.15, 0.2) is 53.9 Å². The van der Waals surface area contributed by atoms with Gasteiger partial charge in [0.2, 0.25) is 0 Å². The molecule has 0 unspecified atom stereocenters. The highest BCUT2D eigenvalue weighted by molar-refractivity contribution is 7.10. The van der Waals surface area contributed by atoms with Crippen molar-refractivity contribution in [1.29, 1.82) is 0 Å². The molecule has 0 radical (unpaired) electrons. The zero-order valence-corrected chi connectivity index (χ0v) is 19.4. The van der Waals surface area contributed by atoms with Gasteiger partial charge in [0.05, 0.1) is 11.4 Å². The first kappa shape index (κ1) is 21.4. The average Bonchev–Trinajstić information content (AvgIpc) is 3.57. The maximum Gasteiger partial charge on any atom is 0.323 e. The molecule has 2 amide bonds. The summed E-state index contributed by atoms with van der Waals surface area (Å²) in [6, 6.07) is 17.2. The van der Waals surface area contributed by atoms with Crippen LogP contribution in [0, 0.1) is 12.3 Å². The summed E-state index contributed by atoms with van der Waals surface area (Å²) in [5.74, 6) is 3.02. The normalized spacial score (nSPS) is 16.0.